The normalized spacial score (nSPS) is 25.9. The lowest BCUT2D eigenvalue weighted by Gasteiger charge is -2.27. The third-order valence-corrected chi connectivity index (χ3v) is 3.34. The molecule has 0 saturated heterocycles. The lowest BCUT2D eigenvalue weighted by atomic mass is 9.79. The van der Waals surface area contributed by atoms with Crippen LogP contribution in [-0.4, -0.2) is 0 Å². The first kappa shape index (κ1) is 10.6. The molecular formula is C13H22. The van der Waals surface area contributed by atoms with Crippen molar-refractivity contribution in [2.75, 3.05) is 0 Å². The maximum atomic E-state index is 3.92. The Morgan fingerprint density at radius 1 is 1.62 bits per heavy atom. The van der Waals surface area contributed by atoms with Crippen molar-refractivity contribution in [1.29, 1.82) is 0 Å². The number of allylic oxidation sites excluding steroid dienone is 3. The van der Waals surface area contributed by atoms with Crippen LogP contribution in [0.2, 0.25) is 0 Å². The summed E-state index contributed by atoms with van der Waals surface area (Å²) in [6, 6.07) is 0. The van der Waals surface area contributed by atoms with Crippen LogP contribution in [0.3, 0.4) is 0 Å². The van der Waals surface area contributed by atoms with E-state index in [-0.39, 0.29) is 0 Å². The zero-order valence-corrected chi connectivity index (χ0v) is 9.27. The van der Waals surface area contributed by atoms with Crippen molar-refractivity contribution < 1.29 is 0 Å². The molecule has 0 aromatic heterocycles. The van der Waals surface area contributed by atoms with Gasteiger partial charge < -0.3 is 0 Å². The van der Waals surface area contributed by atoms with Gasteiger partial charge in [-0.15, -0.1) is 0 Å². The van der Waals surface area contributed by atoms with E-state index >= 15 is 0 Å². The predicted molar refractivity (Wildman–Crippen MR) is 59.7 cm³/mol. The highest BCUT2D eigenvalue weighted by molar-refractivity contribution is 5.28. The number of hydrogen-bond acceptors (Lipinski definition) is 0. The molecule has 0 bridgehead atoms. The summed E-state index contributed by atoms with van der Waals surface area (Å²) in [5, 5.41) is 0. The first-order valence-electron chi connectivity index (χ1n) is 5.53. The smallest absolute Gasteiger partial charge is 0.0228 e. The van der Waals surface area contributed by atoms with Gasteiger partial charge in [0.25, 0.3) is 0 Å². The van der Waals surface area contributed by atoms with E-state index < -0.39 is 0 Å². The molecule has 0 amide bonds. The van der Waals surface area contributed by atoms with Crippen LogP contribution in [0.25, 0.3) is 0 Å². The second kappa shape index (κ2) is 4.64. The zero-order valence-electron chi connectivity index (χ0n) is 9.27. The average Bonchev–Trinajstić information content (AvgIpc) is 2.16. The van der Waals surface area contributed by atoms with Crippen LogP contribution in [0, 0.1) is 11.8 Å². The van der Waals surface area contributed by atoms with Crippen molar-refractivity contribution in [1.82, 2.24) is 0 Å². The Morgan fingerprint density at radius 3 is 2.85 bits per heavy atom. The maximum Gasteiger partial charge on any atom is -0.0228 e. The molecule has 0 N–H and O–H groups in total. The molecule has 0 aromatic carbocycles. The van der Waals surface area contributed by atoms with Gasteiger partial charge in [0, 0.05) is 0 Å². The summed E-state index contributed by atoms with van der Waals surface area (Å²) in [5.74, 6) is 1.64. The monoisotopic (exact) mass is 178 g/mol. The quantitative estimate of drug-likeness (QED) is 0.603. The summed E-state index contributed by atoms with van der Waals surface area (Å²) in [4.78, 5) is 0. The summed E-state index contributed by atoms with van der Waals surface area (Å²) in [6.45, 7) is 10.9. The van der Waals surface area contributed by atoms with Gasteiger partial charge in [-0.25, -0.2) is 0 Å². The van der Waals surface area contributed by atoms with E-state index in [1.54, 1.807) is 5.57 Å². The molecule has 13 heavy (non-hydrogen) atoms. The Labute approximate surface area is 82.7 Å². The molecule has 0 nitrogen and oxygen atoms in total. The van der Waals surface area contributed by atoms with Crippen molar-refractivity contribution in [3.63, 3.8) is 0 Å². The van der Waals surface area contributed by atoms with Crippen LogP contribution in [-0.2, 0) is 0 Å². The highest BCUT2D eigenvalue weighted by Gasteiger charge is 2.19. The van der Waals surface area contributed by atoms with Crippen LogP contribution in [0.4, 0.5) is 0 Å². The molecule has 0 heteroatoms. The molecule has 0 radical (unpaired) electrons. The van der Waals surface area contributed by atoms with Crippen LogP contribution in [0.1, 0.15) is 46.5 Å². The molecule has 2 atom stereocenters. The number of rotatable bonds is 3. The second-order valence-electron chi connectivity index (χ2n) is 4.41. The molecular weight excluding hydrogens is 156 g/mol. The first-order chi connectivity index (χ1) is 6.19. The van der Waals surface area contributed by atoms with Crippen LogP contribution >= 0.6 is 0 Å². The summed E-state index contributed by atoms with van der Waals surface area (Å²) in [7, 11) is 0. The molecule has 1 aliphatic carbocycles. The van der Waals surface area contributed by atoms with E-state index in [0.717, 1.165) is 11.8 Å². The van der Waals surface area contributed by atoms with E-state index in [9.17, 15) is 0 Å². The van der Waals surface area contributed by atoms with Gasteiger partial charge in [-0.1, -0.05) is 39.0 Å². The fraction of sp³-hybridized carbons (Fsp3) is 0.692. The molecule has 0 fully saturated rings. The Morgan fingerprint density at radius 2 is 2.31 bits per heavy atom. The van der Waals surface area contributed by atoms with E-state index in [4.69, 9.17) is 0 Å². The summed E-state index contributed by atoms with van der Waals surface area (Å²) >= 11 is 0. The maximum absolute atomic E-state index is 3.92. The second-order valence-corrected chi connectivity index (χ2v) is 4.41. The standard InChI is InChI=1S/C13H22/c1-5-11(4)13-9-10(3)7-8-12(13)6-2/h6,10-11H,2,5,7-9H2,1,3-4H3. The average molecular weight is 178 g/mol. The van der Waals surface area contributed by atoms with Crippen LogP contribution in [0.15, 0.2) is 23.8 Å². The van der Waals surface area contributed by atoms with Gasteiger partial charge in [-0.2, -0.15) is 0 Å². The minimum absolute atomic E-state index is 0.760. The van der Waals surface area contributed by atoms with Crippen molar-refractivity contribution in [3.8, 4) is 0 Å². The van der Waals surface area contributed by atoms with Gasteiger partial charge in [0.1, 0.15) is 0 Å². The highest BCUT2D eigenvalue weighted by Crippen LogP contribution is 2.34. The minimum atomic E-state index is 0.760. The molecule has 0 aromatic rings. The van der Waals surface area contributed by atoms with Gasteiger partial charge in [-0.3, -0.25) is 0 Å². The molecule has 0 spiro atoms. The van der Waals surface area contributed by atoms with Gasteiger partial charge in [0.15, 0.2) is 0 Å². The number of hydrogen-bond donors (Lipinski definition) is 0. The van der Waals surface area contributed by atoms with Crippen molar-refractivity contribution >= 4 is 0 Å². The van der Waals surface area contributed by atoms with Gasteiger partial charge in [0.2, 0.25) is 0 Å². The van der Waals surface area contributed by atoms with Crippen LogP contribution in [0.5, 0.6) is 0 Å². The zero-order chi connectivity index (χ0) is 9.84. The largest absolute Gasteiger partial charge is 0.0988 e. The first-order valence-corrected chi connectivity index (χ1v) is 5.53. The Bertz CT molecular complexity index is 210. The van der Waals surface area contributed by atoms with E-state index in [2.05, 4.69) is 33.4 Å². The SMILES string of the molecule is C=CC1=C(C(C)CC)CC(C)CC1. The Balaban J connectivity index is 2.83. The summed E-state index contributed by atoms with van der Waals surface area (Å²) in [5.41, 5.74) is 3.21. The van der Waals surface area contributed by atoms with Gasteiger partial charge in [0.05, 0.1) is 0 Å². The lowest BCUT2D eigenvalue weighted by molar-refractivity contribution is 0.458. The minimum Gasteiger partial charge on any atom is -0.0988 e. The molecule has 0 aliphatic heterocycles. The molecule has 1 aliphatic rings. The highest BCUT2D eigenvalue weighted by atomic mass is 14.2. The summed E-state index contributed by atoms with van der Waals surface area (Å²) < 4.78 is 0. The van der Waals surface area contributed by atoms with E-state index in [0.29, 0.717) is 0 Å². The Kier molecular flexibility index (Phi) is 3.77. The lowest BCUT2D eigenvalue weighted by Crippen LogP contribution is -2.12. The van der Waals surface area contributed by atoms with E-state index in [1.807, 2.05) is 0 Å². The van der Waals surface area contributed by atoms with Crippen LogP contribution < -0.4 is 0 Å². The summed E-state index contributed by atoms with van der Waals surface area (Å²) in [6.07, 6.45) is 7.24. The van der Waals surface area contributed by atoms with Crippen molar-refractivity contribution in [2.24, 2.45) is 11.8 Å². The van der Waals surface area contributed by atoms with Gasteiger partial charge in [-0.05, 0) is 43.1 Å². The Hall–Kier alpha value is -0.520. The topological polar surface area (TPSA) is 0 Å². The molecule has 1 rings (SSSR count). The molecule has 74 valence electrons. The molecule has 0 saturated carbocycles. The van der Waals surface area contributed by atoms with Crippen molar-refractivity contribution in [2.45, 2.75) is 46.5 Å². The van der Waals surface area contributed by atoms with Gasteiger partial charge >= 0.3 is 0 Å². The third kappa shape index (κ3) is 2.46. The molecule has 0 heterocycles. The molecule has 2 unspecified atom stereocenters. The third-order valence-electron chi connectivity index (χ3n) is 3.34. The predicted octanol–water partition coefficient (Wildman–Crippen LogP) is 4.34. The fourth-order valence-corrected chi connectivity index (χ4v) is 2.17. The van der Waals surface area contributed by atoms with E-state index in [1.165, 1.54) is 31.3 Å². The fourth-order valence-electron chi connectivity index (χ4n) is 2.17. The van der Waals surface area contributed by atoms with Crippen molar-refractivity contribution in [3.05, 3.63) is 23.8 Å².